The Morgan fingerprint density at radius 2 is 1.85 bits per heavy atom. The quantitative estimate of drug-likeness (QED) is 0.625. The third-order valence-corrected chi connectivity index (χ3v) is 3.40. The summed E-state index contributed by atoms with van der Waals surface area (Å²) in [5, 5.41) is 3.50. The molecule has 0 fully saturated rings. The number of ether oxygens (including phenoxy) is 2. The standard InChI is InChI=1S/C17H29NO2/c1-4-6-7-12-20-17-10-8-15(9-11-17)13-18-16(5-2)14-19-3/h8-11,16,18H,4-7,12-14H2,1-3H3. The van der Waals surface area contributed by atoms with Crippen molar-refractivity contribution in [1.29, 1.82) is 0 Å². The average molecular weight is 279 g/mol. The largest absolute Gasteiger partial charge is 0.494 e. The fourth-order valence-corrected chi connectivity index (χ4v) is 2.03. The molecule has 1 aromatic rings. The minimum absolute atomic E-state index is 0.421. The van der Waals surface area contributed by atoms with Crippen LogP contribution in [0.1, 0.15) is 45.1 Å². The van der Waals surface area contributed by atoms with Crippen molar-refractivity contribution >= 4 is 0 Å². The number of methoxy groups -OCH3 is 1. The summed E-state index contributed by atoms with van der Waals surface area (Å²) in [5.74, 6) is 0.966. The summed E-state index contributed by atoms with van der Waals surface area (Å²) in [4.78, 5) is 0. The second-order valence-corrected chi connectivity index (χ2v) is 5.14. The zero-order valence-corrected chi connectivity index (χ0v) is 13.2. The molecule has 1 unspecified atom stereocenters. The number of benzene rings is 1. The zero-order chi connectivity index (χ0) is 14.6. The van der Waals surface area contributed by atoms with E-state index in [1.807, 2.05) is 0 Å². The molecule has 1 aromatic carbocycles. The molecule has 0 radical (unpaired) electrons. The van der Waals surface area contributed by atoms with E-state index in [1.54, 1.807) is 7.11 Å². The summed E-state index contributed by atoms with van der Waals surface area (Å²) < 4.78 is 10.9. The molecule has 0 bridgehead atoms. The lowest BCUT2D eigenvalue weighted by atomic mass is 10.2. The number of hydrogen-bond acceptors (Lipinski definition) is 3. The molecule has 3 heteroatoms. The molecule has 0 aromatic heterocycles. The van der Waals surface area contributed by atoms with Crippen LogP contribution in [0.5, 0.6) is 5.75 Å². The molecule has 20 heavy (non-hydrogen) atoms. The fourth-order valence-electron chi connectivity index (χ4n) is 2.03. The Labute approximate surface area is 123 Å². The Morgan fingerprint density at radius 3 is 2.45 bits per heavy atom. The van der Waals surface area contributed by atoms with E-state index in [2.05, 4.69) is 43.4 Å². The number of nitrogens with one attached hydrogen (secondary N) is 1. The summed E-state index contributed by atoms with van der Waals surface area (Å²) >= 11 is 0. The van der Waals surface area contributed by atoms with E-state index >= 15 is 0 Å². The van der Waals surface area contributed by atoms with E-state index in [0.29, 0.717) is 6.04 Å². The van der Waals surface area contributed by atoms with Crippen LogP contribution in [-0.2, 0) is 11.3 Å². The van der Waals surface area contributed by atoms with Crippen LogP contribution in [0.3, 0.4) is 0 Å². The van der Waals surface area contributed by atoms with Gasteiger partial charge >= 0.3 is 0 Å². The van der Waals surface area contributed by atoms with Crippen molar-refractivity contribution in [2.75, 3.05) is 20.3 Å². The molecule has 0 aliphatic rings. The normalized spacial score (nSPS) is 12.3. The molecule has 0 spiro atoms. The number of rotatable bonds is 11. The molecule has 0 heterocycles. The van der Waals surface area contributed by atoms with Gasteiger partial charge in [-0.05, 0) is 30.5 Å². The average Bonchev–Trinajstić information content (AvgIpc) is 2.49. The molecule has 114 valence electrons. The van der Waals surface area contributed by atoms with E-state index in [0.717, 1.165) is 38.3 Å². The lowest BCUT2D eigenvalue weighted by Crippen LogP contribution is -2.31. The third-order valence-electron chi connectivity index (χ3n) is 3.40. The van der Waals surface area contributed by atoms with Crippen LogP contribution in [-0.4, -0.2) is 26.4 Å². The fraction of sp³-hybridized carbons (Fsp3) is 0.647. The smallest absolute Gasteiger partial charge is 0.119 e. The van der Waals surface area contributed by atoms with Crippen LogP contribution < -0.4 is 10.1 Å². The second-order valence-electron chi connectivity index (χ2n) is 5.14. The van der Waals surface area contributed by atoms with E-state index in [-0.39, 0.29) is 0 Å². The van der Waals surface area contributed by atoms with Crippen LogP contribution >= 0.6 is 0 Å². The van der Waals surface area contributed by atoms with Gasteiger partial charge in [-0.15, -0.1) is 0 Å². The van der Waals surface area contributed by atoms with E-state index in [4.69, 9.17) is 9.47 Å². The Kier molecular flexibility index (Phi) is 9.09. The topological polar surface area (TPSA) is 30.5 Å². The Hall–Kier alpha value is -1.06. The first-order chi connectivity index (χ1) is 9.80. The van der Waals surface area contributed by atoms with Crippen molar-refractivity contribution in [3.05, 3.63) is 29.8 Å². The minimum Gasteiger partial charge on any atom is -0.494 e. The van der Waals surface area contributed by atoms with Crippen LogP contribution in [0.2, 0.25) is 0 Å². The predicted octanol–water partition coefficient (Wildman–Crippen LogP) is 3.77. The Morgan fingerprint density at radius 1 is 1.10 bits per heavy atom. The molecule has 1 rings (SSSR count). The second kappa shape index (κ2) is 10.7. The van der Waals surface area contributed by atoms with Gasteiger partial charge < -0.3 is 14.8 Å². The van der Waals surface area contributed by atoms with Crippen LogP contribution in [0.25, 0.3) is 0 Å². The molecular weight excluding hydrogens is 250 g/mol. The highest BCUT2D eigenvalue weighted by molar-refractivity contribution is 5.27. The summed E-state index contributed by atoms with van der Waals surface area (Å²) in [6, 6.07) is 8.79. The van der Waals surface area contributed by atoms with Gasteiger partial charge in [-0.1, -0.05) is 38.8 Å². The van der Waals surface area contributed by atoms with E-state index in [9.17, 15) is 0 Å². The van der Waals surface area contributed by atoms with Gasteiger partial charge in [-0.25, -0.2) is 0 Å². The van der Waals surface area contributed by atoms with Gasteiger partial charge in [0.2, 0.25) is 0 Å². The zero-order valence-electron chi connectivity index (χ0n) is 13.2. The van der Waals surface area contributed by atoms with Crippen molar-refractivity contribution < 1.29 is 9.47 Å². The summed E-state index contributed by atoms with van der Waals surface area (Å²) in [5.41, 5.74) is 1.28. The van der Waals surface area contributed by atoms with Gasteiger partial charge in [0.25, 0.3) is 0 Å². The van der Waals surface area contributed by atoms with Crippen molar-refractivity contribution in [2.24, 2.45) is 0 Å². The lowest BCUT2D eigenvalue weighted by Gasteiger charge is -2.16. The molecule has 0 amide bonds. The van der Waals surface area contributed by atoms with Crippen molar-refractivity contribution in [3.8, 4) is 5.75 Å². The van der Waals surface area contributed by atoms with Crippen molar-refractivity contribution in [2.45, 2.75) is 52.1 Å². The maximum Gasteiger partial charge on any atom is 0.119 e. The summed E-state index contributed by atoms with van der Waals surface area (Å²) in [6.07, 6.45) is 4.68. The highest BCUT2D eigenvalue weighted by atomic mass is 16.5. The predicted molar refractivity (Wildman–Crippen MR) is 84.3 cm³/mol. The minimum atomic E-state index is 0.421. The lowest BCUT2D eigenvalue weighted by molar-refractivity contribution is 0.164. The van der Waals surface area contributed by atoms with E-state index in [1.165, 1.54) is 18.4 Å². The molecule has 0 saturated heterocycles. The van der Waals surface area contributed by atoms with Gasteiger partial charge in [0.1, 0.15) is 5.75 Å². The first-order valence-corrected chi connectivity index (χ1v) is 7.74. The van der Waals surface area contributed by atoms with Crippen molar-refractivity contribution in [1.82, 2.24) is 5.32 Å². The van der Waals surface area contributed by atoms with Gasteiger partial charge in [0.05, 0.1) is 13.2 Å². The first kappa shape index (κ1) is 17.0. The summed E-state index contributed by atoms with van der Waals surface area (Å²) in [7, 11) is 1.75. The number of hydrogen-bond donors (Lipinski definition) is 1. The monoisotopic (exact) mass is 279 g/mol. The molecular formula is C17H29NO2. The molecule has 0 aliphatic heterocycles. The molecule has 1 N–H and O–H groups in total. The molecule has 0 aliphatic carbocycles. The number of unbranched alkanes of at least 4 members (excludes halogenated alkanes) is 2. The SMILES string of the molecule is CCCCCOc1ccc(CNC(CC)COC)cc1. The maximum absolute atomic E-state index is 5.71. The summed E-state index contributed by atoms with van der Waals surface area (Å²) in [6.45, 7) is 6.82. The molecule has 3 nitrogen and oxygen atoms in total. The Balaban J connectivity index is 2.30. The van der Waals surface area contributed by atoms with Gasteiger partial charge in [-0.3, -0.25) is 0 Å². The third kappa shape index (κ3) is 6.92. The van der Waals surface area contributed by atoms with Gasteiger partial charge in [0, 0.05) is 19.7 Å². The van der Waals surface area contributed by atoms with Gasteiger partial charge in [-0.2, -0.15) is 0 Å². The van der Waals surface area contributed by atoms with Gasteiger partial charge in [0.15, 0.2) is 0 Å². The van der Waals surface area contributed by atoms with E-state index < -0.39 is 0 Å². The van der Waals surface area contributed by atoms with Crippen LogP contribution in [0.4, 0.5) is 0 Å². The Bertz CT molecular complexity index is 337. The highest BCUT2D eigenvalue weighted by Gasteiger charge is 2.04. The highest BCUT2D eigenvalue weighted by Crippen LogP contribution is 2.13. The first-order valence-electron chi connectivity index (χ1n) is 7.74. The maximum atomic E-state index is 5.71. The van der Waals surface area contributed by atoms with Crippen LogP contribution in [0, 0.1) is 0 Å². The molecule has 0 saturated carbocycles. The van der Waals surface area contributed by atoms with Crippen molar-refractivity contribution in [3.63, 3.8) is 0 Å². The van der Waals surface area contributed by atoms with Crippen LogP contribution in [0.15, 0.2) is 24.3 Å². The molecule has 1 atom stereocenters.